The fourth-order valence-electron chi connectivity index (χ4n) is 1.35. The van der Waals surface area contributed by atoms with Gasteiger partial charge in [-0.3, -0.25) is 14.7 Å². The smallest absolute Gasteiger partial charge is 0.282 e. The van der Waals surface area contributed by atoms with Crippen molar-refractivity contribution in [2.45, 2.75) is 37.1 Å². The van der Waals surface area contributed by atoms with Crippen LogP contribution in [0.4, 0.5) is 79.0 Å². The van der Waals surface area contributed by atoms with E-state index in [2.05, 4.69) is 0 Å². The second kappa shape index (κ2) is 8.39. The van der Waals surface area contributed by atoms with Crippen molar-refractivity contribution in [3.05, 3.63) is 0 Å². The normalized spacial score (nSPS) is 14.1. The van der Waals surface area contributed by atoms with Gasteiger partial charge in [-0.25, -0.2) is 0 Å². The molecule has 0 heterocycles. The average molecular weight is 503 g/mol. The van der Waals surface area contributed by atoms with Crippen LogP contribution in [0, 0.1) is 0 Å². The highest BCUT2D eigenvalue weighted by Gasteiger charge is 2.58. The van der Waals surface area contributed by atoms with Crippen LogP contribution in [0.5, 0.6) is 0 Å². The van der Waals surface area contributed by atoms with Gasteiger partial charge in [-0.1, -0.05) is 0 Å². The quantitative estimate of drug-likeness (QED) is 0.271. The van der Waals surface area contributed by atoms with Crippen molar-refractivity contribution in [3.63, 3.8) is 0 Å². The van der Waals surface area contributed by atoms with Crippen molar-refractivity contribution in [1.82, 2.24) is 0 Å². The van der Waals surface area contributed by atoms with Crippen molar-refractivity contribution in [3.8, 4) is 0 Å². The molecular weight excluding hydrogens is 503 g/mol. The Labute approximate surface area is 156 Å². The lowest BCUT2D eigenvalue weighted by atomic mass is 9.95. The number of hydrogen-bond donors (Lipinski definition) is 0. The Bertz CT molecular complexity index is 575. The third-order valence-corrected chi connectivity index (χ3v) is 2.34. The van der Waals surface area contributed by atoms with E-state index in [-0.39, 0.29) is 0 Å². The maximum atomic E-state index is 12.4. The molecule has 31 heavy (non-hydrogen) atoms. The Morgan fingerprint density at radius 3 is 0.548 bits per heavy atom. The Kier molecular flexibility index (Phi) is 7.80. The third-order valence-electron chi connectivity index (χ3n) is 2.34. The minimum atomic E-state index is -6.81. The first kappa shape index (κ1) is 28.8. The molecular formula is C9BF18N3. The molecule has 3 nitrogen and oxygen atoms in total. The van der Waals surface area contributed by atoms with E-state index in [4.69, 9.17) is 0 Å². The molecule has 0 aromatic carbocycles. The lowest BCUT2D eigenvalue weighted by molar-refractivity contribution is -0.118. The molecule has 0 aromatic rings. The maximum Gasteiger partial charge on any atom is 0.562 e. The predicted octanol–water partition coefficient (Wildman–Crippen LogP) is 5.67. The molecule has 180 valence electrons. The molecule has 0 aliphatic carbocycles. The molecule has 0 bridgehead atoms. The molecule has 0 saturated heterocycles. The first-order valence-corrected chi connectivity index (χ1v) is 6.35. The molecule has 0 amide bonds. The molecule has 0 aromatic heterocycles. The van der Waals surface area contributed by atoms with E-state index in [1.165, 1.54) is 0 Å². The molecule has 0 aliphatic heterocycles. The summed E-state index contributed by atoms with van der Waals surface area (Å²) in [7, 11) is -4.80. The highest BCUT2D eigenvalue weighted by molar-refractivity contribution is 6.58. The first-order valence-electron chi connectivity index (χ1n) is 6.35. The van der Waals surface area contributed by atoms with E-state index in [9.17, 15) is 79.0 Å². The van der Waals surface area contributed by atoms with Gasteiger partial charge in [-0.05, 0) is 0 Å². The van der Waals surface area contributed by atoms with E-state index < -0.39 is 61.3 Å². The molecule has 22 heteroatoms. The number of hydrogen-bond acceptors (Lipinski definition) is 3. The summed E-state index contributed by atoms with van der Waals surface area (Å²) in [5.41, 5.74) is -12.9. The summed E-state index contributed by atoms with van der Waals surface area (Å²) in [6.07, 6.45) is -40.9. The lowest BCUT2D eigenvalue weighted by Gasteiger charge is -2.18. The van der Waals surface area contributed by atoms with Crippen LogP contribution >= 0.6 is 0 Å². The van der Waals surface area contributed by atoms with Crippen LogP contribution in [0.3, 0.4) is 0 Å². The molecule has 0 saturated carbocycles. The highest BCUT2D eigenvalue weighted by Crippen LogP contribution is 2.35. The second-order valence-corrected chi connectivity index (χ2v) is 4.77. The monoisotopic (exact) mass is 503 g/mol. The summed E-state index contributed by atoms with van der Waals surface area (Å²) < 4.78 is 222. The van der Waals surface area contributed by atoms with E-state index in [0.717, 1.165) is 14.7 Å². The van der Waals surface area contributed by atoms with Crippen molar-refractivity contribution in [2.24, 2.45) is 14.7 Å². The fraction of sp³-hybridized carbons (Fsp3) is 0.667. The zero-order valence-corrected chi connectivity index (χ0v) is 13.2. The Balaban J connectivity index is 7.34. The Morgan fingerprint density at radius 1 is 0.323 bits per heavy atom. The SMILES string of the molecule is FC(F)(F)C(=NB(N=C(C(F)(F)F)C(F)(F)F)N=C(C(F)(F)F)C(F)(F)F)C(F)(F)F. The molecule has 0 spiro atoms. The number of nitrogens with zero attached hydrogens (tertiary/aromatic N) is 3. The van der Waals surface area contributed by atoms with Crippen LogP contribution in [0.15, 0.2) is 14.7 Å². The average Bonchev–Trinajstić information content (AvgIpc) is 2.37. The van der Waals surface area contributed by atoms with Gasteiger partial charge in [-0.15, -0.1) is 0 Å². The maximum absolute atomic E-state index is 12.4. The summed E-state index contributed by atoms with van der Waals surface area (Å²) in [5, 5.41) is 0. The third kappa shape index (κ3) is 8.83. The number of alkyl halides is 18. The summed E-state index contributed by atoms with van der Waals surface area (Å²) in [6, 6.07) is 0. The first-order chi connectivity index (χ1) is 13.2. The van der Waals surface area contributed by atoms with Crippen LogP contribution in [-0.4, -0.2) is 61.3 Å². The Morgan fingerprint density at radius 2 is 0.452 bits per heavy atom. The van der Waals surface area contributed by atoms with Crippen LogP contribution in [0.25, 0.3) is 0 Å². The predicted molar refractivity (Wildman–Crippen MR) is 64.4 cm³/mol. The van der Waals surface area contributed by atoms with Crippen LogP contribution in [-0.2, 0) is 0 Å². The van der Waals surface area contributed by atoms with E-state index >= 15 is 0 Å². The molecule has 0 rings (SSSR count). The van der Waals surface area contributed by atoms with Gasteiger partial charge in [0.05, 0.1) is 0 Å². The molecule has 0 atom stereocenters. The molecule has 0 radical (unpaired) electrons. The molecule has 0 unspecified atom stereocenters. The van der Waals surface area contributed by atoms with Gasteiger partial charge in [0.25, 0.3) is 0 Å². The Hall–Kier alpha value is -2.19. The molecule has 0 N–H and O–H groups in total. The van der Waals surface area contributed by atoms with Crippen molar-refractivity contribution in [2.75, 3.05) is 0 Å². The van der Waals surface area contributed by atoms with E-state index in [1.807, 2.05) is 0 Å². The summed E-state index contributed by atoms with van der Waals surface area (Å²) >= 11 is 0. The number of halogens is 18. The van der Waals surface area contributed by atoms with Crippen molar-refractivity contribution in [1.29, 1.82) is 0 Å². The molecule has 0 fully saturated rings. The van der Waals surface area contributed by atoms with Gasteiger partial charge < -0.3 is 0 Å². The van der Waals surface area contributed by atoms with Gasteiger partial charge in [0.15, 0.2) is 0 Å². The minimum absolute atomic E-state index is 1.04. The zero-order chi connectivity index (χ0) is 25.4. The zero-order valence-electron chi connectivity index (χ0n) is 13.2. The largest absolute Gasteiger partial charge is 0.562 e. The fourth-order valence-corrected chi connectivity index (χ4v) is 1.35. The topological polar surface area (TPSA) is 37.1 Å². The highest BCUT2D eigenvalue weighted by atomic mass is 19.4. The van der Waals surface area contributed by atoms with Gasteiger partial charge in [0.1, 0.15) is 0 Å². The summed E-state index contributed by atoms with van der Waals surface area (Å²) in [4.78, 5) is 3.13. The van der Waals surface area contributed by atoms with Gasteiger partial charge in [0.2, 0.25) is 17.1 Å². The van der Waals surface area contributed by atoms with Gasteiger partial charge >= 0.3 is 44.2 Å². The lowest BCUT2D eigenvalue weighted by Crippen LogP contribution is -2.43. The second-order valence-electron chi connectivity index (χ2n) is 4.77. The van der Waals surface area contributed by atoms with Crippen molar-refractivity contribution >= 4 is 24.3 Å². The van der Waals surface area contributed by atoms with E-state index in [0.29, 0.717) is 0 Å². The van der Waals surface area contributed by atoms with Gasteiger partial charge in [-0.2, -0.15) is 79.0 Å². The van der Waals surface area contributed by atoms with E-state index in [1.54, 1.807) is 0 Å². The minimum Gasteiger partial charge on any atom is -0.282 e. The summed E-state index contributed by atoms with van der Waals surface area (Å²) in [6.45, 7) is 0. The van der Waals surface area contributed by atoms with Crippen LogP contribution in [0.2, 0.25) is 0 Å². The van der Waals surface area contributed by atoms with Crippen LogP contribution < -0.4 is 0 Å². The van der Waals surface area contributed by atoms with Crippen molar-refractivity contribution < 1.29 is 79.0 Å². The standard InChI is InChI=1S/C9BF18N3/c11-4(12,13)1(5(14,15)16)29-10(30-2(6(17,18)19)7(20,21)22)31-3(8(23,24)25)9(26,27)28. The van der Waals surface area contributed by atoms with Gasteiger partial charge in [0, 0.05) is 0 Å². The van der Waals surface area contributed by atoms with Crippen LogP contribution in [0.1, 0.15) is 0 Å². The summed E-state index contributed by atoms with van der Waals surface area (Å²) in [5.74, 6) is 0. The number of rotatable bonds is 3. The molecule has 0 aliphatic rings.